The van der Waals surface area contributed by atoms with E-state index in [0.29, 0.717) is 38.4 Å². The van der Waals surface area contributed by atoms with Crippen LogP contribution in [-0.4, -0.2) is 61.0 Å². The predicted molar refractivity (Wildman–Crippen MR) is 332 cm³/mol. The number of anilines is 4. The Kier molecular flexibility index (Phi) is 29.3. The molecule has 4 aliphatic rings. The van der Waals surface area contributed by atoms with Gasteiger partial charge in [0.1, 0.15) is 13.5 Å². The number of hydrogen-bond donors (Lipinski definition) is 4. The van der Waals surface area contributed by atoms with E-state index in [1.54, 1.807) is 48.5 Å². The van der Waals surface area contributed by atoms with Gasteiger partial charge in [0, 0.05) is 168 Å². The van der Waals surface area contributed by atoms with Gasteiger partial charge in [-0.2, -0.15) is 109 Å². The Morgan fingerprint density at radius 1 is 0.345 bits per heavy atom. The second-order valence-electron chi connectivity index (χ2n) is 20.3. The molecule has 0 saturated heterocycles. The summed E-state index contributed by atoms with van der Waals surface area (Å²) in [6.07, 6.45) is 1.82. The van der Waals surface area contributed by atoms with Crippen LogP contribution >= 0.6 is 0 Å². The average Bonchev–Trinajstić information content (AvgIpc) is 3.36. The molecule has 10 aromatic carbocycles. The first-order valence-electron chi connectivity index (χ1n) is 27.6. The third-order valence-corrected chi connectivity index (χ3v) is 13.6. The van der Waals surface area contributed by atoms with Gasteiger partial charge in [0.15, 0.2) is 13.5 Å². The summed E-state index contributed by atoms with van der Waals surface area (Å²) in [7, 11) is 4.08. The number of hydrogen-bond acceptors (Lipinski definition) is 12. The van der Waals surface area contributed by atoms with E-state index in [9.17, 15) is 0 Å². The molecule has 15 heteroatoms. The second kappa shape index (κ2) is 36.7. The number of nitrogens with zero attached hydrogens (tertiary/aromatic N) is 4. The molecule has 14 rings (SSSR count). The third-order valence-electron chi connectivity index (χ3n) is 13.6. The van der Waals surface area contributed by atoms with Crippen LogP contribution in [0.1, 0.15) is 44.5 Å². The maximum absolute atomic E-state index is 8.61. The summed E-state index contributed by atoms with van der Waals surface area (Å²) in [4.78, 5) is 8.73. The molecule has 12 nitrogen and oxygen atoms in total. The number of rotatable bonds is 6. The van der Waals surface area contributed by atoms with Gasteiger partial charge in [-0.15, -0.1) is 59.7 Å². The minimum atomic E-state index is 0. The molecule has 87 heavy (non-hydrogen) atoms. The molecule has 0 spiro atoms. The number of ether oxygens (including phenoxy) is 4. The van der Waals surface area contributed by atoms with Gasteiger partial charge in [0.2, 0.25) is 0 Å². The third kappa shape index (κ3) is 22.5. The topological polar surface area (TPSA) is 142 Å². The summed E-state index contributed by atoms with van der Waals surface area (Å²) in [5.74, 6) is 4.51. The van der Waals surface area contributed by atoms with Crippen LogP contribution in [0.5, 0.6) is 34.5 Å². The number of fused-ring (bicyclic) bond motifs is 4. The molecule has 4 heterocycles. The molecule has 0 amide bonds. The van der Waals surface area contributed by atoms with Crippen LogP contribution in [0.2, 0.25) is 0 Å². The number of aromatic hydroxyl groups is 2. The number of phenols is 2. The van der Waals surface area contributed by atoms with Crippen LogP contribution in [0.15, 0.2) is 218 Å². The van der Waals surface area contributed by atoms with Gasteiger partial charge in [-0.05, 0) is 111 Å². The van der Waals surface area contributed by atoms with E-state index in [-0.39, 0.29) is 98.1 Å². The summed E-state index contributed by atoms with van der Waals surface area (Å²) < 4.78 is 22.7. The maximum atomic E-state index is 8.61. The Bertz CT molecular complexity index is 3340. The molecule has 0 atom stereocenters. The Hall–Kier alpha value is -6.57. The zero-order chi connectivity index (χ0) is 58.3. The van der Waals surface area contributed by atoms with Gasteiger partial charge < -0.3 is 50.4 Å². The minimum absolute atomic E-state index is 0. The zero-order valence-corrected chi connectivity index (χ0v) is 57.6. The van der Waals surface area contributed by atoms with Gasteiger partial charge in [-0.3, -0.25) is 9.80 Å². The molecular formula is C72H68N6O6Y3-6. The second-order valence-corrected chi connectivity index (χ2v) is 20.3. The van der Waals surface area contributed by atoms with Crippen molar-refractivity contribution in [3.8, 4) is 34.5 Å². The van der Waals surface area contributed by atoms with E-state index in [0.717, 1.165) is 73.4 Å². The van der Waals surface area contributed by atoms with Crippen molar-refractivity contribution in [2.75, 3.05) is 62.3 Å². The number of benzene rings is 10. The fraction of sp³-hybridized carbons (Fsp3) is 0.167. The average molecular weight is 1380 g/mol. The van der Waals surface area contributed by atoms with Crippen molar-refractivity contribution in [3.05, 3.63) is 299 Å². The molecule has 0 fully saturated rings. The van der Waals surface area contributed by atoms with Crippen molar-refractivity contribution in [1.29, 1.82) is 0 Å². The normalized spacial score (nSPS) is 13.0. The van der Waals surface area contributed by atoms with Crippen molar-refractivity contribution in [1.82, 2.24) is 9.80 Å². The molecule has 4 aliphatic heterocycles. The molecule has 3 radical (unpaired) electrons. The Morgan fingerprint density at radius 2 is 0.609 bits per heavy atom. The SMILES string of the molecule is CN1COc2cc[c-]cc2C1.CN1COc2cc[c-]cc2C1.Nc1ccc(Cc2ccc(N)cc2)cc1.Oc1cc[c-]cc1.Oc1cc[c-]cc1.[Y].[Y].[Y].[c-]1ccc2c(c1)CN(c1ccc(Cc3ccc(N4COc5cc[c-]cc5C4)cc3)cc1)CO2. The predicted octanol–water partition coefficient (Wildman–Crippen LogP) is 12.9. The quantitative estimate of drug-likeness (QED) is 0.0930. The summed E-state index contributed by atoms with van der Waals surface area (Å²) in [6.45, 7) is 6.14. The summed E-state index contributed by atoms with van der Waals surface area (Å²) >= 11 is 0. The number of phenolic OH excluding ortho intramolecular Hbond substituents is 2. The largest absolute Gasteiger partial charge is 0.533 e. The molecule has 437 valence electrons. The zero-order valence-electron chi connectivity index (χ0n) is 49.1. The maximum Gasteiger partial charge on any atom is 0.157 e. The fourth-order valence-electron chi connectivity index (χ4n) is 9.17. The summed E-state index contributed by atoms with van der Waals surface area (Å²) in [6, 6.07) is 87.7. The van der Waals surface area contributed by atoms with Gasteiger partial charge in [0.05, 0.1) is 0 Å². The Morgan fingerprint density at radius 3 is 0.897 bits per heavy atom. The molecule has 0 saturated carbocycles. The number of nitrogens with two attached hydrogens (primary N) is 2. The van der Waals surface area contributed by atoms with Gasteiger partial charge in [0.25, 0.3) is 0 Å². The van der Waals surface area contributed by atoms with Crippen molar-refractivity contribution in [3.63, 3.8) is 0 Å². The van der Waals surface area contributed by atoms with E-state index < -0.39 is 0 Å². The molecular weight excluding hydrogens is 1310 g/mol. The fourth-order valence-corrected chi connectivity index (χ4v) is 9.17. The standard InChI is InChI=1S/C29H24N2O2.C13H14N2.2C9H10NO.2C6H5O.3Y/c1-3-7-28-24(5-1)18-30(20-32-28)26-13-9-22(10-14-26)17-23-11-15-27(16-12-23)31-19-25-6-2-4-8-29(25)33-21-31;14-12-5-1-10(2-6-12)9-11-3-7-13(15)8-4-11;2*1-10-6-8-4-2-3-5-9(8)11-7-10;2*7-6-4-2-1-3-5-6;;;/h3-16H,17-21H2;1-8H,9,14-15H2;2*3-5H,6-7H2,1H3;2*2-5,7H;;;/q-2;;4*-1;;;. The van der Waals surface area contributed by atoms with Crippen molar-refractivity contribution in [2.45, 2.75) is 39.0 Å². The van der Waals surface area contributed by atoms with E-state index in [4.69, 9.17) is 40.6 Å². The van der Waals surface area contributed by atoms with E-state index in [1.807, 2.05) is 135 Å². The molecule has 0 unspecified atom stereocenters. The van der Waals surface area contributed by atoms with Crippen LogP contribution in [0.3, 0.4) is 0 Å². The van der Waals surface area contributed by atoms with Gasteiger partial charge in [-0.1, -0.05) is 59.7 Å². The van der Waals surface area contributed by atoms with Crippen LogP contribution in [0.4, 0.5) is 22.7 Å². The van der Waals surface area contributed by atoms with Crippen molar-refractivity contribution in [2.24, 2.45) is 0 Å². The smallest absolute Gasteiger partial charge is 0.157 e. The Labute approximate surface area is 588 Å². The molecule has 6 N–H and O–H groups in total. The van der Waals surface area contributed by atoms with Crippen molar-refractivity contribution < 1.29 is 127 Å². The first-order valence-corrected chi connectivity index (χ1v) is 27.6. The van der Waals surface area contributed by atoms with Crippen LogP contribution in [-0.2, 0) is 137 Å². The van der Waals surface area contributed by atoms with Crippen LogP contribution in [0.25, 0.3) is 0 Å². The van der Waals surface area contributed by atoms with E-state index in [1.165, 1.54) is 55.9 Å². The Balaban J connectivity index is 0.000000186. The number of nitrogen functional groups attached to an aromatic ring is 2. The van der Waals surface area contributed by atoms with E-state index in [2.05, 4.69) is 105 Å². The van der Waals surface area contributed by atoms with Crippen LogP contribution in [0, 0.1) is 36.4 Å². The molecule has 10 aromatic rings. The monoisotopic (exact) mass is 1380 g/mol. The summed E-state index contributed by atoms with van der Waals surface area (Å²) in [5.41, 5.74) is 25.1. The first kappa shape index (κ1) is 69.5. The van der Waals surface area contributed by atoms with Crippen LogP contribution < -0.4 is 40.2 Å². The van der Waals surface area contributed by atoms with Gasteiger partial charge in [-0.25, -0.2) is 0 Å². The minimum Gasteiger partial charge on any atom is -0.533 e. The molecule has 0 bridgehead atoms. The van der Waals surface area contributed by atoms with E-state index >= 15 is 0 Å². The molecule has 0 aliphatic carbocycles. The summed E-state index contributed by atoms with van der Waals surface area (Å²) in [5, 5.41) is 17.2. The molecule has 0 aromatic heterocycles. The first-order chi connectivity index (χ1) is 41.1. The van der Waals surface area contributed by atoms with Crippen molar-refractivity contribution >= 4 is 22.7 Å². The van der Waals surface area contributed by atoms with Gasteiger partial charge >= 0.3 is 0 Å².